The number of benzene rings is 1. The average molecular weight is 294 g/mol. The van der Waals surface area contributed by atoms with Crippen LogP contribution in [0.25, 0.3) is 10.9 Å². The van der Waals surface area contributed by atoms with Crippen molar-refractivity contribution >= 4 is 10.9 Å². The van der Waals surface area contributed by atoms with Crippen LogP contribution in [0, 0.1) is 11.8 Å². The molecule has 0 spiro atoms. The van der Waals surface area contributed by atoms with Crippen molar-refractivity contribution in [2.24, 2.45) is 11.8 Å². The molecule has 2 nitrogen and oxygen atoms in total. The largest absolute Gasteiger partial charge is 0.361 e. The van der Waals surface area contributed by atoms with Crippen LogP contribution in [0.15, 0.2) is 42.6 Å². The summed E-state index contributed by atoms with van der Waals surface area (Å²) in [6.45, 7) is 4.82. The zero-order valence-electron chi connectivity index (χ0n) is 13.5. The Labute approximate surface area is 133 Å². The summed E-state index contributed by atoms with van der Waals surface area (Å²) in [7, 11) is 0. The van der Waals surface area contributed by atoms with Crippen LogP contribution in [-0.4, -0.2) is 29.0 Å². The van der Waals surface area contributed by atoms with E-state index in [1.807, 2.05) is 0 Å². The molecule has 1 N–H and O–H groups in total. The van der Waals surface area contributed by atoms with E-state index in [1.165, 1.54) is 48.8 Å². The maximum absolute atomic E-state index is 3.41. The molecule has 2 aliphatic heterocycles. The maximum atomic E-state index is 3.41. The number of H-pyrrole nitrogens is 1. The van der Waals surface area contributed by atoms with Gasteiger partial charge in [0.1, 0.15) is 0 Å². The van der Waals surface area contributed by atoms with E-state index in [0.29, 0.717) is 0 Å². The van der Waals surface area contributed by atoms with Crippen LogP contribution in [0.3, 0.4) is 0 Å². The molecule has 3 heterocycles. The van der Waals surface area contributed by atoms with Crippen LogP contribution in [0.4, 0.5) is 0 Å². The summed E-state index contributed by atoms with van der Waals surface area (Å²) in [6, 6.07) is 9.42. The normalized spacial score (nSPS) is 28.3. The first-order chi connectivity index (χ1) is 10.8. The van der Waals surface area contributed by atoms with Gasteiger partial charge in [0.25, 0.3) is 0 Å². The van der Waals surface area contributed by atoms with Crippen LogP contribution in [0.2, 0.25) is 0 Å². The minimum absolute atomic E-state index is 0.769. The molecule has 1 saturated heterocycles. The van der Waals surface area contributed by atoms with Crippen LogP contribution in [0.1, 0.15) is 31.7 Å². The van der Waals surface area contributed by atoms with Crippen molar-refractivity contribution in [3.63, 3.8) is 0 Å². The maximum Gasteiger partial charge on any atom is 0.0456 e. The van der Waals surface area contributed by atoms with Crippen molar-refractivity contribution < 1.29 is 0 Å². The van der Waals surface area contributed by atoms with Crippen LogP contribution >= 0.6 is 0 Å². The molecule has 1 fully saturated rings. The molecule has 2 heteroatoms. The topological polar surface area (TPSA) is 19.0 Å². The van der Waals surface area contributed by atoms with E-state index in [1.54, 1.807) is 0 Å². The molecule has 116 valence electrons. The van der Waals surface area contributed by atoms with Gasteiger partial charge in [0.05, 0.1) is 0 Å². The highest BCUT2D eigenvalue weighted by molar-refractivity contribution is 5.83. The number of aromatic amines is 1. The zero-order valence-corrected chi connectivity index (χ0v) is 13.5. The number of para-hydroxylation sites is 1. The molecule has 3 atom stereocenters. The first-order valence-corrected chi connectivity index (χ1v) is 8.81. The predicted molar refractivity (Wildman–Crippen MR) is 93.0 cm³/mol. The van der Waals surface area contributed by atoms with Crippen molar-refractivity contribution in [3.05, 3.63) is 48.2 Å². The summed E-state index contributed by atoms with van der Waals surface area (Å²) in [5, 5.41) is 1.40. The lowest BCUT2D eigenvalue weighted by Gasteiger charge is -2.41. The Morgan fingerprint density at radius 3 is 3.09 bits per heavy atom. The van der Waals surface area contributed by atoms with Crippen molar-refractivity contribution in [2.75, 3.05) is 13.1 Å². The molecule has 0 radical (unpaired) electrons. The number of fused-ring (bicyclic) bond motifs is 4. The lowest BCUT2D eigenvalue weighted by atomic mass is 9.81. The second kappa shape index (κ2) is 5.92. The van der Waals surface area contributed by atoms with Crippen LogP contribution in [-0.2, 0) is 6.42 Å². The number of aromatic nitrogens is 1. The first kappa shape index (κ1) is 14.1. The van der Waals surface area contributed by atoms with Crippen LogP contribution < -0.4 is 0 Å². The van der Waals surface area contributed by atoms with Crippen molar-refractivity contribution in [1.29, 1.82) is 0 Å². The monoisotopic (exact) mass is 294 g/mol. The summed E-state index contributed by atoms with van der Waals surface area (Å²) >= 11 is 0. The highest BCUT2D eigenvalue weighted by Crippen LogP contribution is 2.35. The number of hydrogen-bond acceptors (Lipinski definition) is 1. The van der Waals surface area contributed by atoms with Gasteiger partial charge < -0.3 is 4.98 Å². The number of nitrogens with zero attached hydrogens (tertiary/aromatic N) is 1. The fraction of sp³-hybridized carbons (Fsp3) is 0.500. The van der Waals surface area contributed by atoms with E-state index in [2.05, 4.69) is 59.4 Å². The van der Waals surface area contributed by atoms with E-state index in [4.69, 9.17) is 0 Å². The van der Waals surface area contributed by atoms with E-state index in [-0.39, 0.29) is 0 Å². The molecule has 22 heavy (non-hydrogen) atoms. The smallest absolute Gasteiger partial charge is 0.0456 e. The van der Waals surface area contributed by atoms with E-state index < -0.39 is 0 Å². The minimum atomic E-state index is 0.769. The fourth-order valence-electron chi connectivity index (χ4n) is 4.46. The molecule has 0 saturated carbocycles. The predicted octanol–water partition coefficient (Wildman–Crippen LogP) is 4.39. The second-order valence-corrected chi connectivity index (χ2v) is 6.99. The zero-order chi connectivity index (χ0) is 14.9. The minimum Gasteiger partial charge on any atom is -0.361 e. The quantitative estimate of drug-likeness (QED) is 0.829. The Morgan fingerprint density at radius 1 is 1.27 bits per heavy atom. The molecule has 2 bridgehead atoms. The van der Waals surface area contributed by atoms with Gasteiger partial charge in [-0.2, -0.15) is 0 Å². The number of nitrogens with one attached hydrogen (secondary N) is 1. The van der Waals surface area contributed by atoms with Gasteiger partial charge in [-0.15, -0.1) is 0 Å². The van der Waals surface area contributed by atoms with Crippen molar-refractivity contribution in [2.45, 2.75) is 38.6 Å². The Balaban J connectivity index is 1.46. The van der Waals surface area contributed by atoms with Crippen molar-refractivity contribution in [3.8, 4) is 0 Å². The number of rotatable bonds is 4. The molecular weight excluding hydrogens is 268 g/mol. The van der Waals surface area contributed by atoms with Gasteiger partial charge in [-0.25, -0.2) is 0 Å². The van der Waals surface area contributed by atoms with Gasteiger partial charge >= 0.3 is 0 Å². The molecule has 5 rings (SSSR count). The highest BCUT2D eigenvalue weighted by atomic mass is 15.2. The summed E-state index contributed by atoms with van der Waals surface area (Å²) in [6.07, 6.45) is 12.3. The number of hydrogen-bond donors (Lipinski definition) is 1. The lowest BCUT2D eigenvalue weighted by molar-refractivity contribution is 0.0884. The van der Waals surface area contributed by atoms with Gasteiger partial charge in [-0.1, -0.05) is 43.7 Å². The Kier molecular flexibility index (Phi) is 3.79. The highest BCUT2D eigenvalue weighted by Gasteiger charge is 2.34. The third-order valence-electron chi connectivity index (χ3n) is 5.80. The van der Waals surface area contributed by atoms with Gasteiger partial charge in [0.2, 0.25) is 0 Å². The summed E-state index contributed by atoms with van der Waals surface area (Å²) in [5.41, 5.74) is 2.73. The molecule has 3 aliphatic rings. The fourth-order valence-corrected chi connectivity index (χ4v) is 4.46. The summed E-state index contributed by atoms with van der Waals surface area (Å²) in [4.78, 5) is 6.16. The summed E-state index contributed by atoms with van der Waals surface area (Å²) < 4.78 is 0. The lowest BCUT2D eigenvalue weighted by Crippen LogP contribution is -2.46. The molecule has 2 aromatic rings. The third-order valence-corrected chi connectivity index (χ3v) is 5.80. The van der Waals surface area contributed by atoms with Gasteiger partial charge in [-0.3, -0.25) is 4.90 Å². The molecule has 1 aliphatic carbocycles. The molecule has 1 aromatic heterocycles. The molecular formula is C20H26N2. The standard InChI is InChI=1S/C20H26N2/c1-2-15-12-18-7-5-6-17(15)14-22(18)11-10-16-13-21-20-9-4-3-8-19(16)20/h3-6,8-9,13,15,17-18,21H,2,7,10-12,14H2,1H3. The molecule has 0 amide bonds. The second-order valence-electron chi connectivity index (χ2n) is 6.99. The van der Waals surface area contributed by atoms with Crippen molar-refractivity contribution in [1.82, 2.24) is 9.88 Å². The SMILES string of the molecule is CCC1CC2CC=CC1CN2CCc1c[nH]c2ccccc12. The Hall–Kier alpha value is -1.54. The summed E-state index contributed by atoms with van der Waals surface area (Å²) in [5.74, 6) is 1.69. The van der Waals surface area contributed by atoms with Gasteiger partial charge in [-0.05, 0) is 42.7 Å². The number of piperidine rings is 1. The molecule has 1 aromatic carbocycles. The van der Waals surface area contributed by atoms with E-state index in [9.17, 15) is 0 Å². The Bertz CT molecular complexity index is 669. The van der Waals surface area contributed by atoms with Gasteiger partial charge in [0, 0.05) is 36.2 Å². The van der Waals surface area contributed by atoms with Gasteiger partial charge in [0.15, 0.2) is 0 Å². The third kappa shape index (κ3) is 2.50. The van der Waals surface area contributed by atoms with E-state index in [0.717, 1.165) is 24.3 Å². The average Bonchev–Trinajstić information content (AvgIpc) is 2.73. The van der Waals surface area contributed by atoms with Crippen LogP contribution in [0.5, 0.6) is 0 Å². The van der Waals surface area contributed by atoms with E-state index >= 15 is 0 Å². The molecule has 3 unspecified atom stereocenters. The first-order valence-electron chi connectivity index (χ1n) is 8.81. The Morgan fingerprint density at radius 2 is 2.18 bits per heavy atom.